The Morgan fingerprint density at radius 1 is 0.848 bits per heavy atom. The van der Waals surface area contributed by atoms with E-state index in [0.717, 1.165) is 5.69 Å². The molecular formula is C25H21ClN4O2S. The Kier molecular flexibility index (Phi) is 7.55. The highest BCUT2D eigenvalue weighted by Crippen LogP contribution is 2.23. The van der Waals surface area contributed by atoms with E-state index < -0.39 is 0 Å². The highest BCUT2D eigenvalue weighted by Gasteiger charge is 2.17. The van der Waals surface area contributed by atoms with E-state index in [0.29, 0.717) is 40.1 Å². The lowest BCUT2D eigenvalue weighted by molar-refractivity contribution is 0.0953. The highest BCUT2D eigenvalue weighted by atomic mass is 35.5. The first kappa shape index (κ1) is 22.8. The third-order valence-electron chi connectivity index (χ3n) is 4.88. The molecule has 3 aromatic carbocycles. The molecule has 0 aliphatic heterocycles. The lowest BCUT2D eigenvalue weighted by atomic mass is 10.1. The van der Waals surface area contributed by atoms with Gasteiger partial charge in [-0.15, -0.1) is 10.2 Å². The molecule has 1 aromatic heterocycles. The van der Waals surface area contributed by atoms with Crippen LogP contribution < -0.4 is 5.32 Å². The minimum absolute atomic E-state index is 0.0176. The van der Waals surface area contributed by atoms with Gasteiger partial charge >= 0.3 is 0 Å². The topological polar surface area (TPSA) is 76.9 Å². The Labute approximate surface area is 201 Å². The molecule has 0 aliphatic rings. The summed E-state index contributed by atoms with van der Waals surface area (Å²) in [7, 11) is 0. The largest absolute Gasteiger partial charge is 0.352 e. The number of aromatic nitrogens is 3. The van der Waals surface area contributed by atoms with Gasteiger partial charge < -0.3 is 5.32 Å². The molecule has 0 fully saturated rings. The average molecular weight is 477 g/mol. The number of amides is 1. The highest BCUT2D eigenvalue weighted by molar-refractivity contribution is 7.99. The van der Waals surface area contributed by atoms with E-state index in [1.165, 1.54) is 11.8 Å². The molecule has 0 radical (unpaired) electrons. The molecule has 0 saturated carbocycles. The molecule has 0 spiro atoms. The Balaban J connectivity index is 1.47. The number of carbonyl (C=O) groups excluding carboxylic acids is 2. The van der Waals surface area contributed by atoms with Crippen molar-refractivity contribution < 1.29 is 9.59 Å². The second-order valence-electron chi connectivity index (χ2n) is 7.16. The van der Waals surface area contributed by atoms with Gasteiger partial charge in [-0.2, -0.15) is 0 Å². The zero-order valence-corrected chi connectivity index (χ0v) is 19.2. The van der Waals surface area contributed by atoms with E-state index >= 15 is 0 Å². The summed E-state index contributed by atoms with van der Waals surface area (Å²) in [6.07, 6.45) is 0.492. The number of hydrogen-bond acceptors (Lipinski definition) is 5. The third-order valence-corrected chi connectivity index (χ3v) is 6.06. The molecule has 0 unspecified atom stereocenters. The van der Waals surface area contributed by atoms with E-state index in [1.807, 2.05) is 53.1 Å². The van der Waals surface area contributed by atoms with Gasteiger partial charge in [-0.3, -0.25) is 14.2 Å². The molecule has 0 saturated heterocycles. The Bertz CT molecular complexity index is 1230. The molecule has 0 aliphatic carbocycles. The second-order valence-corrected chi connectivity index (χ2v) is 8.54. The van der Waals surface area contributed by atoms with Crippen LogP contribution in [0.15, 0.2) is 90.1 Å². The van der Waals surface area contributed by atoms with E-state index in [1.54, 1.807) is 36.4 Å². The fourth-order valence-corrected chi connectivity index (χ4v) is 4.21. The van der Waals surface area contributed by atoms with Crippen LogP contribution in [-0.2, 0) is 6.42 Å². The van der Waals surface area contributed by atoms with E-state index in [9.17, 15) is 9.59 Å². The molecule has 1 heterocycles. The SMILES string of the molecule is O=C(CSc1nnc(CCNC(=O)c2ccccc2)n1-c1ccccc1)c1ccc(Cl)cc1. The number of para-hydroxylation sites is 1. The predicted molar refractivity (Wildman–Crippen MR) is 130 cm³/mol. The van der Waals surface area contributed by atoms with Gasteiger partial charge in [0.05, 0.1) is 5.75 Å². The minimum atomic E-state index is -0.135. The van der Waals surface area contributed by atoms with E-state index in [-0.39, 0.29) is 17.4 Å². The number of halogens is 1. The number of benzene rings is 3. The van der Waals surface area contributed by atoms with Crippen molar-refractivity contribution in [2.75, 3.05) is 12.3 Å². The normalized spacial score (nSPS) is 10.7. The number of ketones is 1. The summed E-state index contributed by atoms with van der Waals surface area (Å²) in [4.78, 5) is 24.9. The Morgan fingerprint density at radius 2 is 1.52 bits per heavy atom. The van der Waals surface area contributed by atoms with Crippen molar-refractivity contribution >= 4 is 35.1 Å². The third kappa shape index (κ3) is 5.88. The fourth-order valence-electron chi connectivity index (χ4n) is 3.22. The number of nitrogens with zero attached hydrogens (tertiary/aromatic N) is 3. The van der Waals surface area contributed by atoms with Crippen LogP contribution in [0.25, 0.3) is 5.69 Å². The zero-order valence-electron chi connectivity index (χ0n) is 17.6. The first-order chi connectivity index (χ1) is 16.1. The van der Waals surface area contributed by atoms with Crippen molar-refractivity contribution in [2.45, 2.75) is 11.6 Å². The van der Waals surface area contributed by atoms with Gasteiger partial charge in [0, 0.05) is 34.8 Å². The maximum absolute atomic E-state index is 12.6. The molecule has 6 nitrogen and oxygen atoms in total. The number of thioether (sulfide) groups is 1. The van der Waals surface area contributed by atoms with E-state index in [4.69, 9.17) is 11.6 Å². The van der Waals surface area contributed by atoms with Crippen LogP contribution in [0, 0.1) is 0 Å². The van der Waals surface area contributed by atoms with Gasteiger partial charge in [-0.05, 0) is 48.5 Å². The van der Waals surface area contributed by atoms with Crippen LogP contribution in [0.4, 0.5) is 0 Å². The summed E-state index contributed by atoms with van der Waals surface area (Å²) in [5.74, 6) is 0.772. The monoisotopic (exact) mass is 476 g/mol. The average Bonchev–Trinajstić information content (AvgIpc) is 3.26. The zero-order chi connectivity index (χ0) is 23.0. The van der Waals surface area contributed by atoms with Crippen LogP contribution in [0.2, 0.25) is 5.02 Å². The quantitative estimate of drug-likeness (QED) is 0.275. The summed E-state index contributed by atoms with van der Waals surface area (Å²) in [6.45, 7) is 0.410. The number of rotatable bonds is 9. The molecule has 8 heteroatoms. The fraction of sp³-hybridized carbons (Fsp3) is 0.120. The summed E-state index contributed by atoms with van der Waals surface area (Å²) in [6, 6.07) is 25.6. The minimum Gasteiger partial charge on any atom is -0.352 e. The van der Waals surface area contributed by atoms with Crippen molar-refractivity contribution in [1.82, 2.24) is 20.1 Å². The van der Waals surface area contributed by atoms with Gasteiger partial charge in [0.15, 0.2) is 10.9 Å². The summed E-state index contributed by atoms with van der Waals surface area (Å²) < 4.78 is 1.93. The van der Waals surface area contributed by atoms with Crippen molar-refractivity contribution in [3.8, 4) is 5.69 Å². The molecule has 0 atom stereocenters. The molecule has 4 rings (SSSR count). The maximum atomic E-state index is 12.6. The Morgan fingerprint density at radius 3 is 2.21 bits per heavy atom. The van der Waals surface area contributed by atoms with Crippen molar-refractivity contribution in [1.29, 1.82) is 0 Å². The van der Waals surface area contributed by atoms with Crippen molar-refractivity contribution in [3.63, 3.8) is 0 Å². The number of carbonyl (C=O) groups is 2. The molecule has 0 bridgehead atoms. The van der Waals surface area contributed by atoms with Gasteiger partial charge in [0.25, 0.3) is 5.91 Å². The maximum Gasteiger partial charge on any atom is 0.251 e. The van der Waals surface area contributed by atoms with Crippen molar-refractivity contribution in [3.05, 3.63) is 107 Å². The summed E-state index contributed by atoms with van der Waals surface area (Å²) in [5.41, 5.74) is 2.11. The number of Topliss-reactive ketones (excluding diaryl/α,β-unsaturated/α-hetero) is 1. The molecule has 33 heavy (non-hydrogen) atoms. The molecule has 4 aromatic rings. The molecule has 1 amide bonds. The predicted octanol–water partition coefficient (Wildman–Crippen LogP) is 4.87. The lowest BCUT2D eigenvalue weighted by Crippen LogP contribution is -2.26. The second kappa shape index (κ2) is 10.9. The van der Waals surface area contributed by atoms with Gasteiger partial charge in [-0.25, -0.2) is 0 Å². The van der Waals surface area contributed by atoms with Gasteiger partial charge in [-0.1, -0.05) is 59.8 Å². The summed E-state index contributed by atoms with van der Waals surface area (Å²) >= 11 is 7.24. The van der Waals surface area contributed by atoms with Crippen LogP contribution in [0.5, 0.6) is 0 Å². The Hall–Kier alpha value is -3.42. The molecule has 1 N–H and O–H groups in total. The van der Waals surface area contributed by atoms with Crippen LogP contribution in [0.3, 0.4) is 0 Å². The van der Waals surface area contributed by atoms with Gasteiger partial charge in [0.1, 0.15) is 5.82 Å². The molecule has 166 valence electrons. The van der Waals surface area contributed by atoms with Crippen LogP contribution in [-0.4, -0.2) is 38.8 Å². The van der Waals surface area contributed by atoms with Crippen LogP contribution >= 0.6 is 23.4 Å². The van der Waals surface area contributed by atoms with Crippen molar-refractivity contribution in [2.24, 2.45) is 0 Å². The summed E-state index contributed by atoms with van der Waals surface area (Å²) in [5, 5.41) is 12.8. The molecular weight excluding hydrogens is 456 g/mol. The first-order valence-electron chi connectivity index (χ1n) is 10.4. The standard InChI is InChI=1S/C25H21ClN4O2S/c26-20-13-11-18(12-14-20)22(31)17-33-25-29-28-23(30(25)21-9-5-2-6-10-21)15-16-27-24(32)19-7-3-1-4-8-19/h1-14H,15-17H2,(H,27,32). The van der Waals surface area contributed by atoms with Gasteiger partial charge in [0.2, 0.25) is 0 Å². The lowest BCUT2D eigenvalue weighted by Gasteiger charge is -2.11. The van der Waals surface area contributed by atoms with E-state index in [2.05, 4.69) is 15.5 Å². The number of hydrogen-bond donors (Lipinski definition) is 1. The van der Waals surface area contributed by atoms with Crippen LogP contribution in [0.1, 0.15) is 26.5 Å². The number of nitrogens with one attached hydrogen (secondary N) is 1. The first-order valence-corrected chi connectivity index (χ1v) is 11.7. The smallest absolute Gasteiger partial charge is 0.251 e.